The molecule has 0 N–H and O–H groups in total. The number of benzene rings is 1. The molecule has 2 rings (SSSR count). The van der Waals surface area contributed by atoms with Crippen molar-refractivity contribution in [2.75, 3.05) is 20.2 Å². The number of aromatic nitrogens is 1. The summed E-state index contributed by atoms with van der Waals surface area (Å²) in [6.07, 6.45) is 3.14. The van der Waals surface area contributed by atoms with Crippen molar-refractivity contribution >= 4 is 29.1 Å². The maximum atomic E-state index is 12.4. The number of esters is 1. The van der Waals surface area contributed by atoms with E-state index >= 15 is 0 Å². The first kappa shape index (κ1) is 17.7. The Kier molecular flexibility index (Phi) is 6.12. The molecule has 1 aromatic carbocycles. The van der Waals surface area contributed by atoms with Gasteiger partial charge >= 0.3 is 5.97 Å². The summed E-state index contributed by atoms with van der Waals surface area (Å²) in [5.74, 6) is 0.153. The topological polar surface area (TPSA) is 72.6 Å². The van der Waals surface area contributed by atoms with Gasteiger partial charge in [-0.15, -0.1) is 0 Å². The number of para-hydroxylation sites is 2. The lowest BCUT2D eigenvalue weighted by atomic mass is 10.2. The Bertz CT molecular complexity index is 700. The summed E-state index contributed by atoms with van der Waals surface area (Å²) in [6, 6.07) is 7.41. The summed E-state index contributed by atoms with van der Waals surface area (Å²) in [5.41, 5.74) is 1.42. The van der Waals surface area contributed by atoms with Gasteiger partial charge in [0, 0.05) is 25.2 Å². The SMILES string of the molecule is COC(=O)CCN(CC(C)C)C(=O)C=Cc1nc2ccccc2o1. The molecule has 0 fully saturated rings. The Morgan fingerprint density at radius 3 is 2.75 bits per heavy atom. The summed E-state index contributed by atoms with van der Waals surface area (Å²) < 4.78 is 10.2. The third-order valence-corrected chi connectivity index (χ3v) is 3.39. The molecule has 0 aliphatic heterocycles. The smallest absolute Gasteiger partial charge is 0.307 e. The van der Waals surface area contributed by atoms with E-state index in [0.717, 1.165) is 5.52 Å². The van der Waals surface area contributed by atoms with Crippen molar-refractivity contribution in [3.05, 3.63) is 36.2 Å². The molecule has 0 radical (unpaired) electrons. The number of methoxy groups -OCH3 is 1. The number of hydrogen-bond acceptors (Lipinski definition) is 5. The minimum atomic E-state index is -0.334. The first-order valence-electron chi connectivity index (χ1n) is 7.89. The highest BCUT2D eigenvalue weighted by molar-refractivity contribution is 5.91. The van der Waals surface area contributed by atoms with Crippen molar-refractivity contribution in [3.63, 3.8) is 0 Å². The molecule has 2 aromatic rings. The Labute approximate surface area is 141 Å². The molecule has 24 heavy (non-hydrogen) atoms. The van der Waals surface area contributed by atoms with E-state index in [2.05, 4.69) is 9.72 Å². The summed E-state index contributed by atoms with van der Waals surface area (Å²) >= 11 is 0. The Morgan fingerprint density at radius 1 is 1.33 bits per heavy atom. The molecule has 0 bridgehead atoms. The van der Waals surface area contributed by atoms with Gasteiger partial charge in [-0.25, -0.2) is 4.98 Å². The zero-order chi connectivity index (χ0) is 17.5. The van der Waals surface area contributed by atoms with Gasteiger partial charge in [0.2, 0.25) is 11.8 Å². The van der Waals surface area contributed by atoms with Crippen LogP contribution in [-0.2, 0) is 14.3 Å². The van der Waals surface area contributed by atoms with Gasteiger partial charge in [0.1, 0.15) is 5.52 Å². The normalized spacial score (nSPS) is 11.3. The second-order valence-electron chi connectivity index (χ2n) is 5.86. The van der Waals surface area contributed by atoms with E-state index in [0.29, 0.717) is 30.5 Å². The third-order valence-electron chi connectivity index (χ3n) is 3.39. The molecule has 6 nitrogen and oxygen atoms in total. The second kappa shape index (κ2) is 8.29. The van der Waals surface area contributed by atoms with E-state index in [9.17, 15) is 9.59 Å². The summed E-state index contributed by atoms with van der Waals surface area (Å²) in [5, 5.41) is 0. The average Bonchev–Trinajstić information content (AvgIpc) is 2.98. The summed E-state index contributed by atoms with van der Waals surface area (Å²) in [7, 11) is 1.34. The van der Waals surface area contributed by atoms with Gasteiger partial charge < -0.3 is 14.1 Å². The highest BCUT2D eigenvalue weighted by Gasteiger charge is 2.14. The van der Waals surface area contributed by atoms with E-state index in [4.69, 9.17) is 4.42 Å². The zero-order valence-corrected chi connectivity index (χ0v) is 14.2. The van der Waals surface area contributed by atoms with E-state index in [1.807, 2.05) is 38.1 Å². The number of rotatable bonds is 7. The number of carbonyl (C=O) groups excluding carboxylic acids is 2. The largest absolute Gasteiger partial charge is 0.469 e. The maximum Gasteiger partial charge on any atom is 0.307 e. The predicted octanol–water partition coefficient (Wildman–Crippen LogP) is 2.89. The Hall–Kier alpha value is -2.63. The molecular formula is C18H22N2O4. The molecule has 0 aliphatic rings. The van der Waals surface area contributed by atoms with Crippen LogP contribution in [-0.4, -0.2) is 42.0 Å². The van der Waals surface area contributed by atoms with Crippen LogP contribution in [0.25, 0.3) is 17.2 Å². The first-order valence-corrected chi connectivity index (χ1v) is 7.89. The molecule has 1 aromatic heterocycles. The van der Waals surface area contributed by atoms with Crippen LogP contribution in [0.4, 0.5) is 0 Å². The lowest BCUT2D eigenvalue weighted by Gasteiger charge is -2.22. The number of oxazole rings is 1. The molecule has 0 saturated heterocycles. The molecule has 0 unspecified atom stereocenters. The number of nitrogens with zero attached hydrogens (tertiary/aromatic N) is 2. The van der Waals surface area contributed by atoms with E-state index in [1.165, 1.54) is 13.2 Å². The van der Waals surface area contributed by atoms with Crippen LogP contribution in [0, 0.1) is 5.92 Å². The number of hydrogen-bond donors (Lipinski definition) is 0. The van der Waals surface area contributed by atoms with Crippen molar-refractivity contribution in [1.29, 1.82) is 0 Å². The van der Waals surface area contributed by atoms with Gasteiger partial charge in [0.05, 0.1) is 13.5 Å². The molecule has 6 heteroatoms. The number of ether oxygens (including phenoxy) is 1. The zero-order valence-electron chi connectivity index (χ0n) is 14.2. The van der Waals surface area contributed by atoms with Crippen molar-refractivity contribution in [2.24, 2.45) is 5.92 Å². The average molecular weight is 330 g/mol. The first-order chi connectivity index (χ1) is 11.5. The summed E-state index contributed by atoms with van der Waals surface area (Å²) in [4.78, 5) is 29.6. The Balaban J connectivity index is 2.05. The van der Waals surface area contributed by atoms with Crippen LogP contribution < -0.4 is 0 Å². The molecule has 0 aliphatic carbocycles. The highest BCUT2D eigenvalue weighted by Crippen LogP contribution is 2.15. The fourth-order valence-corrected chi connectivity index (χ4v) is 2.27. The second-order valence-corrected chi connectivity index (χ2v) is 5.86. The molecule has 0 atom stereocenters. The van der Waals surface area contributed by atoms with Crippen LogP contribution in [0.5, 0.6) is 0 Å². The third kappa shape index (κ3) is 4.94. The summed E-state index contributed by atoms with van der Waals surface area (Å²) in [6.45, 7) is 4.92. The monoisotopic (exact) mass is 330 g/mol. The van der Waals surface area contributed by atoms with Crippen molar-refractivity contribution in [2.45, 2.75) is 20.3 Å². The van der Waals surface area contributed by atoms with Gasteiger partial charge in [0.25, 0.3) is 0 Å². The fraction of sp³-hybridized carbons (Fsp3) is 0.389. The van der Waals surface area contributed by atoms with E-state index in [-0.39, 0.29) is 18.3 Å². The Morgan fingerprint density at radius 2 is 2.08 bits per heavy atom. The molecule has 0 spiro atoms. The van der Waals surface area contributed by atoms with Crippen molar-refractivity contribution < 1.29 is 18.7 Å². The number of amides is 1. The van der Waals surface area contributed by atoms with Gasteiger partial charge in [-0.3, -0.25) is 9.59 Å². The number of carbonyl (C=O) groups is 2. The highest BCUT2D eigenvalue weighted by atomic mass is 16.5. The molecule has 128 valence electrons. The fourth-order valence-electron chi connectivity index (χ4n) is 2.27. The quantitative estimate of drug-likeness (QED) is 0.576. The van der Waals surface area contributed by atoms with Crippen LogP contribution in [0.15, 0.2) is 34.8 Å². The van der Waals surface area contributed by atoms with Gasteiger partial charge in [0.15, 0.2) is 5.58 Å². The lowest BCUT2D eigenvalue weighted by Crippen LogP contribution is -2.34. The van der Waals surface area contributed by atoms with Crippen LogP contribution in [0.2, 0.25) is 0 Å². The van der Waals surface area contributed by atoms with Gasteiger partial charge in [-0.05, 0) is 18.1 Å². The lowest BCUT2D eigenvalue weighted by molar-refractivity contribution is -0.141. The molecule has 1 heterocycles. The number of fused-ring (bicyclic) bond motifs is 1. The molecule has 0 saturated carbocycles. The molecule has 1 amide bonds. The van der Waals surface area contributed by atoms with Gasteiger partial charge in [-0.2, -0.15) is 0 Å². The standard InChI is InChI=1S/C18H22N2O4/c1-13(2)12-20(11-10-18(22)23-3)17(21)9-8-16-19-14-6-4-5-7-15(14)24-16/h4-9,13H,10-12H2,1-3H3. The predicted molar refractivity (Wildman–Crippen MR) is 91.1 cm³/mol. The van der Waals surface area contributed by atoms with Gasteiger partial charge in [-0.1, -0.05) is 26.0 Å². The van der Waals surface area contributed by atoms with Crippen LogP contribution >= 0.6 is 0 Å². The minimum Gasteiger partial charge on any atom is -0.469 e. The van der Waals surface area contributed by atoms with E-state index in [1.54, 1.807) is 11.0 Å². The van der Waals surface area contributed by atoms with Crippen LogP contribution in [0.1, 0.15) is 26.2 Å². The molecular weight excluding hydrogens is 308 g/mol. The van der Waals surface area contributed by atoms with E-state index < -0.39 is 0 Å². The van der Waals surface area contributed by atoms with Crippen molar-refractivity contribution in [1.82, 2.24) is 9.88 Å². The maximum absolute atomic E-state index is 12.4. The van der Waals surface area contributed by atoms with Crippen molar-refractivity contribution in [3.8, 4) is 0 Å². The van der Waals surface area contributed by atoms with Crippen LogP contribution in [0.3, 0.4) is 0 Å². The minimum absolute atomic E-state index is 0.172.